The van der Waals surface area contributed by atoms with Crippen LogP contribution in [0, 0.1) is 6.92 Å². The van der Waals surface area contributed by atoms with Crippen molar-refractivity contribution in [3.8, 4) is 5.69 Å². The Morgan fingerprint density at radius 1 is 1.32 bits per heavy atom. The molecular weight excluding hydrogens is 302 g/mol. The van der Waals surface area contributed by atoms with Gasteiger partial charge in [-0.15, -0.1) is 0 Å². The van der Waals surface area contributed by atoms with Crippen LogP contribution in [-0.4, -0.2) is 21.5 Å². The molecule has 0 saturated heterocycles. The van der Waals surface area contributed by atoms with Gasteiger partial charge in [-0.05, 0) is 51.5 Å². The zero-order valence-electron chi connectivity index (χ0n) is 13.2. The summed E-state index contributed by atoms with van der Waals surface area (Å²) in [6.45, 7) is 7.79. The van der Waals surface area contributed by atoms with Crippen LogP contribution in [-0.2, 0) is 11.3 Å². The lowest BCUT2D eigenvalue weighted by atomic mass is 10.2. The second-order valence-electron chi connectivity index (χ2n) is 6.04. The lowest BCUT2D eigenvalue weighted by Gasteiger charge is -2.19. The van der Waals surface area contributed by atoms with Gasteiger partial charge >= 0.3 is 6.09 Å². The number of hydrogen-bond donors (Lipinski definition) is 1. The second-order valence-corrected chi connectivity index (χ2v) is 6.43. The second kappa shape index (κ2) is 6.40. The van der Waals surface area contributed by atoms with Gasteiger partial charge in [0.05, 0.1) is 11.4 Å². The van der Waals surface area contributed by atoms with Gasteiger partial charge < -0.3 is 10.1 Å². The average molecular weight is 322 g/mol. The Kier molecular flexibility index (Phi) is 4.76. The number of rotatable bonds is 3. The summed E-state index contributed by atoms with van der Waals surface area (Å²) >= 11 is 6.11. The molecule has 0 spiro atoms. The lowest BCUT2D eigenvalue weighted by molar-refractivity contribution is 0.0523. The van der Waals surface area contributed by atoms with E-state index in [1.54, 1.807) is 10.7 Å². The van der Waals surface area contributed by atoms with E-state index in [1.165, 1.54) is 0 Å². The van der Waals surface area contributed by atoms with Crippen LogP contribution in [0.25, 0.3) is 5.69 Å². The van der Waals surface area contributed by atoms with Gasteiger partial charge in [-0.2, -0.15) is 5.10 Å². The number of amides is 1. The Balaban J connectivity index is 1.98. The SMILES string of the molecule is Cc1cc(Cl)n(-c2ccc(CNC(=O)OC(C)(C)C)cc2)n1. The average Bonchev–Trinajstić information content (AvgIpc) is 2.74. The molecule has 1 aromatic carbocycles. The van der Waals surface area contributed by atoms with Gasteiger partial charge in [0.2, 0.25) is 0 Å². The molecule has 1 N–H and O–H groups in total. The number of hydrogen-bond acceptors (Lipinski definition) is 3. The maximum atomic E-state index is 11.6. The number of halogens is 1. The van der Waals surface area contributed by atoms with Crippen molar-refractivity contribution in [3.63, 3.8) is 0 Å². The predicted molar refractivity (Wildman–Crippen MR) is 86.4 cm³/mol. The number of alkyl carbamates (subject to hydrolysis) is 1. The van der Waals surface area contributed by atoms with E-state index >= 15 is 0 Å². The van der Waals surface area contributed by atoms with Crippen molar-refractivity contribution in [2.45, 2.75) is 39.8 Å². The number of benzene rings is 1. The fourth-order valence-corrected chi connectivity index (χ4v) is 2.19. The third-order valence-electron chi connectivity index (χ3n) is 2.80. The molecular formula is C16H20ClN3O2. The topological polar surface area (TPSA) is 56.2 Å². The summed E-state index contributed by atoms with van der Waals surface area (Å²) < 4.78 is 6.86. The molecule has 118 valence electrons. The smallest absolute Gasteiger partial charge is 0.407 e. The van der Waals surface area contributed by atoms with Crippen molar-refractivity contribution in [2.24, 2.45) is 0 Å². The van der Waals surface area contributed by atoms with Crippen molar-refractivity contribution < 1.29 is 9.53 Å². The van der Waals surface area contributed by atoms with Gasteiger partial charge in [-0.25, -0.2) is 9.48 Å². The molecule has 0 saturated carbocycles. The van der Waals surface area contributed by atoms with E-state index in [1.807, 2.05) is 52.0 Å². The fourth-order valence-electron chi connectivity index (χ4n) is 1.89. The normalized spacial score (nSPS) is 11.3. The highest BCUT2D eigenvalue weighted by molar-refractivity contribution is 6.29. The molecule has 1 aromatic heterocycles. The largest absolute Gasteiger partial charge is 0.444 e. The Morgan fingerprint density at radius 3 is 2.45 bits per heavy atom. The number of carbonyl (C=O) groups excluding carboxylic acids is 1. The van der Waals surface area contributed by atoms with Crippen LogP contribution >= 0.6 is 11.6 Å². The first-order chi connectivity index (χ1) is 10.2. The summed E-state index contributed by atoms with van der Waals surface area (Å²) in [5.41, 5.74) is 2.21. The minimum atomic E-state index is -0.497. The number of aryl methyl sites for hydroxylation is 1. The van der Waals surface area contributed by atoms with E-state index in [0.717, 1.165) is 16.9 Å². The van der Waals surface area contributed by atoms with Gasteiger partial charge in [0.25, 0.3) is 0 Å². The van der Waals surface area contributed by atoms with Crippen molar-refractivity contribution in [3.05, 3.63) is 46.7 Å². The molecule has 0 atom stereocenters. The number of aromatic nitrogens is 2. The summed E-state index contributed by atoms with van der Waals surface area (Å²) in [5, 5.41) is 7.61. The van der Waals surface area contributed by atoms with Crippen LogP contribution < -0.4 is 5.32 Å². The standard InChI is InChI=1S/C16H20ClN3O2/c1-11-9-14(17)20(19-11)13-7-5-12(6-8-13)10-18-15(21)22-16(2,3)4/h5-9H,10H2,1-4H3,(H,18,21). The highest BCUT2D eigenvalue weighted by Crippen LogP contribution is 2.17. The molecule has 0 aliphatic rings. The first-order valence-electron chi connectivity index (χ1n) is 7.03. The van der Waals surface area contributed by atoms with Gasteiger partial charge in [0, 0.05) is 6.54 Å². The third kappa shape index (κ3) is 4.49. The molecule has 2 aromatic rings. The predicted octanol–water partition coefficient (Wildman–Crippen LogP) is 3.86. The van der Waals surface area contributed by atoms with Crippen LogP contribution in [0.3, 0.4) is 0 Å². The number of nitrogens with one attached hydrogen (secondary N) is 1. The summed E-state index contributed by atoms with van der Waals surface area (Å²) in [6.07, 6.45) is -0.428. The van der Waals surface area contributed by atoms with Gasteiger partial charge in [-0.1, -0.05) is 23.7 Å². The number of carbonyl (C=O) groups is 1. The van der Waals surface area contributed by atoms with E-state index < -0.39 is 11.7 Å². The minimum Gasteiger partial charge on any atom is -0.444 e. The quantitative estimate of drug-likeness (QED) is 0.934. The van der Waals surface area contributed by atoms with E-state index in [4.69, 9.17) is 16.3 Å². The fraction of sp³-hybridized carbons (Fsp3) is 0.375. The van der Waals surface area contributed by atoms with Crippen LogP contribution in [0.15, 0.2) is 30.3 Å². The Hall–Kier alpha value is -2.01. The Bertz CT molecular complexity index is 657. The van der Waals surface area contributed by atoms with E-state index in [-0.39, 0.29) is 0 Å². The first kappa shape index (κ1) is 16.4. The molecule has 2 rings (SSSR count). The summed E-state index contributed by atoms with van der Waals surface area (Å²) in [4.78, 5) is 11.6. The third-order valence-corrected chi connectivity index (χ3v) is 3.07. The maximum absolute atomic E-state index is 11.6. The Labute approximate surface area is 135 Å². The zero-order chi connectivity index (χ0) is 16.3. The molecule has 0 radical (unpaired) electrons. The van der Waals surface area contributed by atoms with Crippen molar-refractivity contribution >= 4 is 17.7 Å². The molecule has 0 aliphatic carbocycles. The van der Waals surface area contributed by atoms with E-state index in [0.29, 0.717) is 11.7 Å². The molecule has 0 aliphatic heterocycles. The summed E-state index contributed by atoms with van der Waals surface area (Å²) in [5.74, 6) is 0. The van der Waals surface area contributed by atoms with Crippen LogP contribution in [0.1, 0.15) is 32.0 Å². The van der Waals surface area contributed by atoms with Gasteiger partial charge in [-0.3, -0.25) is 0 Å². The van der Waals surface area contributed by atoms with Crippen LogP contribution in [0.4, 0.5) is 4.79 Å². The van der Waals surface area contributed by atoms with Crippen LogP contribution in [0.5, 0.6) is 0 Å². The van der Waals surface area contributed by atoms with Crippen LogP contribution in [0.2, 0.25) is 5.15 Å². The van der Waals surface area contributed by atoms with Gasteiger partial charge in [0.1, 0.15) is 10.8 Å². The number of ether oxygens (including phenoxy) is 1. The van der Waals surface area contributed by atoms with Crippen molar-refractivity contribution in [1.82, 2.24) is 15.1 Å². The molecule has 6 heteroatoms. The highest BCUT2D eigenvalue weighted by Gasteiger charge is 2.15. The monoisotopic (exact) mass is 321 g/mol. The molecule has 0 unspecified atom stereocenters. The lowest BCUT2D eigenvalue weighted by Crippen LogP contribution is -2.32. The maximum Gasteiger partial charge on any atom is 0.407 e. The Morgan fingerprint density at radius 2 is 1.95 bits per heavy atom. The first-order valence-corrected chi connectivity index (χ1v) is 7.41. The van der Waals surface area contributed by atoms with Gasteiger partial charge in [0.15, 0.2) is 0 Å². The molecule has 5 nitrogen and oxygen atoms in total. The number of nitrogens with zero attached hydrogens (tertiary/aromatic N) is 2. The summed E-state index contributed by atoms with van der Waals surface area (Å²) in [6, 6.07) is 9.45. The van der Waals surface area contributed by atoms with E-state index in [9.17, 15) is 4.79 Å². The molecule has 0 bridgehead atoms. The highest BCUT2D eigenvalue weighted by atomic mass is 35.5. The minimum absolute atomic E-state index is 0.404. The van der Waals surface area contributed by atoms with E-state index in [2.05, 4.69) is 10.4 Å². The van der Waals surface area contributed by atoms with Crippen molar-refractivity contribution in [2.75, 3.05) is 0 Å². The molecule has 0 fully saturated rings. The molecule has 1 amide bonds. The molecule has 22 heavy (non-hydrogen) atoms. The van der Waals surface area contributed by atoms with Crippen molar-refractivity contribution in [1.29, 1.82) is 0 Å². The molecule has 1 heterocycles. The zero-order valence-corrected chi connectivity index (χ0v) is 13.9. The summed E-state index contributed by atoms with van der Waals surface area (Å²) in [7, 11) is 0.